The number of hydrogen-bond acceptors (Lipinski definition) is 17. The average Bonchev–Trinajstić information content (AvgIpc) is 2.91. The van der Waals surface area contributed by atoms with Crippen LogP contribution >= 0.6 is 0 Å². The SMILES string of the molecule is CC(=O)N[C@H]1[C@H](OC(C)=O)O[C@H]([C@H](C)OC(C)=O)[C@@H](O[C@@H]2O[C@H](COC(C)=O)[C@@H](OC(C)=O)[C@H](OC(C)=O)[C@H]2NC(C)=O)[C@@H]1OC(C)=O. The monoisotopic (exact) mass is 690 g/mol. The summed E-state index contributed by atoms with van der Waals surface area (Å²) in [5, 5.41) is 5.05. The van der Waals surface area contributed by atoms with Crippen molar-refractivity contribution in [3.8, 4) is 0 Å². The van der Waals surface area contributed by atoms with E-state index >= 15 is 0 Å². The predicted octanol–water partition coefficient (Wildman–Crippen LogP) is -1.30. The molecule has 0 spiro atoms. The van der Waals surface area contributed by atoms with Crippen molar-refractivity contribution in [2.24, 2.45) is 0 Å². The second-order valence-corrected chi connectivity index (χ2v) is 11.0. The lowest BCUT2D eigenvalue weighted by molar-refractivity contribution is -0.335. The van der Waals surface area contributed by atoms with Crippen molar-refractivity contribution in [2.75, 3.05) is 6.61 Å². The molecule has 2 amide bonds. The van der Waals surface area contributed by atoms with Gasteiger partial charge in [-0.15, -0.1) is 0 Å². The molecule has 0 saturated carbocycles. The fourth-order valence-corrected chi connectivity index (χ4v) is 5.27. The number of nitrogens with one attached hydrogen (secondary N) is 2. The number of hydrogen-bond donors (Lipinski definition) is 2. The Morgan fingerprint density at radius 1 is 0.562 bits per heavy atom. The molecule has 0 aromatic carbocycles. The number of rotatable bonds is 12. The number of esters is 6. The van der Waals surface area contributed by atoms with Crippen molar-refractivity contribution >= 4 is 47.6 Å². The van der Waals surface area contributed by atoms with Crippen molar-refractivity contribution < 1.29 is 81.0 Å². The van der Waals surface area contributed by atoms with Gasteiger partial charge in [0.25, 0.3) is 0 Å². The minimum absolute atomic E-state index is 0.553. The fraction of sp³-hybridized carbons (Fsp3) is 0.724. The van der Waals surface area contributed by atoms with Crippen LogP contribution in [0.1, 0.15) is 62.3 Å². The molecule has 48 heavy (non-hydrogen) atoms. The lowest BCUT2D eigenvalue weighted by Crippen LogP contribution is -2.71. The van der Waals surface area contributed by atoms with E-state index in [-0.39, 0.29) is 0 Å². The van der Waals surface area contributed by atoms with E-state index in [1.807, 2.05) is 0 Å². The Kier molecular flexibility index (Phi) is 14.7. The second-order valence-electron chi connectivity index (χ2n) is 11.0. The molecule has 2 saturated heterocycles. The molecule has 0 bridgehead atoms. The van der Waals surface area contributed by atoms with Gasteiger partial charge in [0.05, 0.1) is 0 Å². The molecule has 0 aromatic rings. The Hall–Kier alpha value is -4.36. The molecular weight excluding hydrogens is 648 g/mol. The zero-order valence-electron chi connectivity index (χ0n) is 28.0. The predicted molar refractivity (Wildman–Crippen MR) is 154 cm³/mol. The summed E-state index contributed by atoms with van der Waals surface area (Å²) in [5.41, 5.74) is 0. The first kappa shape index (κ1) is 39.8. The quantitative estimate of drug-likeness (QED) is 0.179. The Labute approximate surface area is 275 Å². The molecular formula is C29H42N2O17. The van der Waals surface area contributed by atoms with Crippen LogP contribution in [0, 0.1) is 0 Å². The normalized spacial score (nSPS) is 30.4. The third-order valence-corrected chi connectivity index (χ3v) is 6.72. The molecule has 2 heterocycles. The van der Waals surface area contributed by atoms with Gasteiger partial charge in [0.2, 0.25) is 18.1 Å². The third kappa shape index (κ3) is 11.7. The summed E-state index contributed by atoms with van der Waals surface area (Å²) >= 11 is 0. The summed E-state index contributed by atoms with van der Waals surface area (Å²) in [5.74, 6) is -6.26. The van der Waals surface area contributed by atoms with Crippen LogP contribution in [0.15, 0.2) is 0 Å². The molecule has 2 aliphatic heterocycles. The highest BCUT2D eigenvalue weighted by molar-refractivity contribution is 5.74. The van der Waals surface area contributed by atoms with Gasteiger partial charge >= 0.3 is 35.8 Å². The molecule has 0 unspecified atom stereocenters. The largest absolute Gasteiger partial charge is 0.463 e. The molecule has 0 aliphatic carbocycles. The highest BCUT2D eigenvalue weighted by Gasteiger charge is 2.57. The van der Waals surface area contributed by atoms with E-state index in [9.17, 15) is 38.4 Å². The highest BCUT2D eigenvalue weighted by Crippen LogP contribution is 2.35. The smallest absolute Gasteiger partial charge is 0.305 e. The van der Waals surface area contributed by atoms with Crippen LogP contribution in [0.5, 0.6) is 0 Å². The molecule has 0 aromatic heterocycles. The van der Waals surface area contributed by atoms with Gasteiger partial charge in [-0.3, -0.25) is 38.4 Å². The molecule has 19 heteroatoms. The topological polar surface area (TPSA) is 244 Å². The number of amides is 2. The van der Waals surface area contributed by atoms with E-state index in [1.54, 1.807) is 0 Å². The lowest BCUT2D eigenvalue weighted by Gasteiger charge is -2.50. The fourth-order valence-electron chi connectivity index (χ4n) is 5.27. The molecule has 19 nitrogen and oxygen atoms in total. The van der Waals surface area contributed by atoms with Crippen molar-refractivity contribution in [3.05, 3.63) is 0 Å². The maximum absolute atomic E-state index is 12.4. The number of carbonyl (C=O) groups excluding carboxylic acids is 8. The van der Waals surface area contributed by atoms with Gasteiger partial charge in [-0.1, -0.05) is 0 Å². The standard InChI is InChI=1S/C29H42N2O17/c1-11(41-15(5)35)23-27(26(44-18(8)38)22(31-13(3)33)28(47-23)45-19(9)39)48-29-21(30-12(2)32)25(43-17(7)37)24(42-16(6)36)20(46-29)10-40-14(4)34/h11,20-29H,10H2,1-9H3,(H,30,32)(H,31,33)/t11-,20+,21+,22+,23+,24+,25+,26+,27+,28+,29-/m0/s1. The molecule has 270 valence electrons. The Bertz CT molecular complexity index is 1240. The maximum Gasteiger partial charge on any atom is 0.305 e. The van der Waals surface area contributed by atoms with Gasteiger partial charge in [-0.05, 0) is 6.92 Å². The van der Waals surface area contributed by atoms with Crippen molar-refractivity contribution in [1.29, 1.82) is 0 Å². The Morgan fingerprint density at radius 3 is 1.46 bits per heavy atom. The van der Waals surface area contributed by atoms with Crippen LogP contribution in [0.4, 0.5) is 0 Å². The molecule has 2 rings (SSSR count). The minimum atomic E-state index is -1.70. The van der Waals surface area contributed by atoms with Gasteiger partial charge in [-0.2, -0.15) is 0 Å². The highest BCUT2D eigenvalue weighted by atomic mass is 16.8. The summed E-state index contributed by atoms with van der Waals surface area (Å²) in [7, 11) is 0. The van der Waals surface area contributed by atoms with Gasteiger partial charge in [0.1, 0.15) is 43.1 Å². The van der Waals surface area contributed by atoms with Crippen LogP contribution in [0.25, 0.3) is 0 Å². The number of carbonyl (C=O) groups is 8. The summed E-state index contributed by atoms with van der Waals surface area (Å²) in [6.07, 6.45) is -13.4. The van der Waals surface area contributed by atoms with Crippen molar-refractivity contribution in [3.63, 3.8) is 0 Å². The van der Waals surface area contributed by atoms with Gasteiger partial charge in [0.15, 0.2) is 24.6 Å². The van der Waals surface area contributed by atoms with Crippen LogP contribution < -0.4 is 10.6 Å². The number of ether oxygens (including phenoxy) is 9. The van der Waals surface area contributed by atoms with Crippen molar-refractivity contribution in [1.82, 2.24) is 10.6 Å². The molecule has 11 atom stereocenters. The van der Waals surface area contributed by atoms with Crippen LogP contribution in [0.2, 0.25) is 0 Å². The van der Waals surface area contributed by atoms with E-state index in [4.69, 9.17) is 42.6 Å². The minimum Gasteiger partial charge on any atom is -0.463 e. The van der Waals surface area contributed by atoms with Crippen molar-refractivity contribution in [2.45, 2.75) is 130 Å². The van der Waals surface area contributed by atoms with E-state index in [1.165, 1.54) is 6.92 Å². The molecule has 2 aliphatic rings. The molecule has 2 fully saturated rings. The van der Waals surface area contributed by atoms with Gasteiger partial charge in [-0.25, -0.2) is 0 Å². The van der Waals surface area contributed by atoms with E-state index in [0.717, 1.165) is 55.4 Å². The average molecular weight is 691 g/mol. The summed E-state index contributed by atoms with van der Waals surface area (Å²) in [4.78, 5) is 97.3. The second kappa shape index (κ2) is 17.7. The van der Waals surface area contributed by atoms with Crippen LogP contribution in [-0.2, 0) is 81.0 Å². The summed E-state index contributed by atoms with van der Waals surface area (Å²) < 4.78 is 50.7. The Morgan fingerprint density at radius 2 is 1.02 bits per heavy atom. The van der Waals surface area contributed by atoms with Gasteiger partial charge in [0, 0.05) is 55.4 Å². The maximum atomic E-state index is 12.4. The zero-order valence-corrected chi connectivity index (χ0v) is 28.0. The third-order valence-electron chi connectivity index (χ3n) is 6.72. The Balaban J connectivity index is 2.78. The van der Waals surface area contributed by atoms with Crippen LogP contribution in [0.3, 0.4) is 0 Å². The summed E-state index contributed by atoms with van der Waals surface area (Å²) in [6.45, 7) is 9.55. The van der Waals surface area contributed by atoms with Crippen LogP contribution in [-0.4, -0.2) is 122 Å². The molecule has 2 N–H and O–H groups in total. The first-order chi connectivity index (χ1) is 22.3. The van der Waals surface area contributed by atoms with E-state index < -0.39 is 122 Å². The first-order valence-electron chi connectivity index (χ1n) is 14.8. The molecule has 0 radical (unpaired) electrons. The van der Waals surface area contributed by atoms with Gasteiger partial charge < -0.3 is 53.3 Å². The zero-order chi connectivity index (χ0) is 36.5. The lowest BCUT2D eigenvalue weighted by atomic mass is 9.92. The van der Waals surface area contributed by atoms with E-state index in [0.29, 0.717) is 0 Å². The first-order valence-corrected chi connectivity index (χ1v) is 14.8. The summed E-state index contributed by atoms with van der Waals surface area (Å²) in [6, 6.07) is -2.88. The van der Waals surface area contributed by atoms with E-state index in [2.05, 4.69) is 10.6 Å².